The quantitative estimate of drug-likeness (QED) is 0.487. The molecule has 0 bridgehead atoms. The predicted octanol–water partition coefficient (Wildman–Crippen LogP) is 4.39. The van der Waals surface area contributed by atoms with Gasteiger partial charge in [-0.2, -0.15) is 0 Å². The van der Waals surface area contributed by atoms with E-state index in [1.165, 1.54) is 17.4 Å². The third-order valence-electron chi connectivity index (χ3n) is 3.09. The van der Waals surface area contributed by atoms with Crippen molar-refractivity contribution in [3.05, 3.63) is 69.1 Å². The number of benzene rings is 1. The Morgan fingerprint density at radius 1 is 1.29 bits per heavy atom. The molecule has 1 aromatic carbocycles. The molecule has 0 aliphatic rings. The topological polar surface area (TPSA) is 57.0 Å². The van der Waals surface area contributed by atoms with Crippen molar-refractivity contribution in [2.75, 3.05) is 0 Å². The minimum absolute atomic E-state index is 0.0479. The molecule has 2 aromatic heterocycles. The number of rotatable bonds is 5. The van der Waals surface area contributed by atoms with Gasteiger partial charge in [0.15, 0.2) is 5.15 Å². The van der Waals surface area contributed by atoms with E-state index in [4.69, 9.17) is 27.9 Å². The highest BCUT2D eigenvalue weighted by Crippen LogP contribution is 2.26. The first-order valence-corrected chi connectivity index (χ1v) is 8.56. The van der Waals surface area contributed by atoms with Crippen molar-refractivity contribution in [1.29, 1.82) is 0 Å². The monoisotopic (exact) mass is 379 g/mol. The highest BCUT2D eigenvalue weighted by Gasteiger charge is 2.17. The van der Waals surface area contributed by atoms with Crippen molar-refractivity contribution in [1.82, 2.24) is 14.5 Å². The molecule has 0 unspecified atom stereocenters. The summed E-state index contributed by atoms with van der Waals surface area (Å²) in [6, 6.07) is 9.34. The van der Waals surface area contributed by atoms with Crippen LogP contribution in [0.3, 0.4) is 0 Å². The molecule has 0 saturated heterocycles. The third kappa shape index (κ3) is 3.84. The lowest BCUT2D eigenvalue weighted by atomic mass is 10.3. The van der Waals surface area contributed by atoms with Crippen molar-refractivity contribution in [3.8, 4) is 5.69 Å². The van der Waals surface area contributed by atoms with Crippen molar-refractivity contribution >= 4 is 46.6 Å². The first-order valence-electron chi connectivity index (χ1n) is 6.86. The van der Waals surface area contributed by atoms with E-state index >= 15 is 0 Å². The average Bonchev–Trinajstić information content (AvgIpc) is 3.19. The van der Waals surface area contributed by atoms with Crippen molar-refractivity contribution < 1.29 is 9.53 Å². The number of halogens is 2. The van der Waals surface area contributed by atoms with Crippen LogP contribution in [0.25, 0.3) is 11.8 Å². The van der Waals surface area contributed by atoms with E-state index in [0.29, 0.717) is 11.4 Å². The van der Waals surface area contributed by atoms with Crippen LogP contribution in [0.4, 0.5) is 0 Å². The van der Waals surface area contributed by atoms with Crippen LogP contribution >= 0.6 is 34.5 Å². The minimum Gasteiger partial charge on any atom is -0.456 e. The number of esters is 1. The molecule has 2 heterocycles. The maximum absolute atomic E-state index is 11.8. The molecule has 0 aliphatic heterocycles. The van der Waals surface area contributed by atoms with Crippen LogP contribution < -0.4 is 0 Å². The van der Waals surface area contributed by atoms with Gasteiger partial charge < -0.3 is 4.74 Å². The summed E-state index contributed by atoms with van der Waals surface area (Å²) >= 11 is 13.7. The molecule has 3 rings (SSSR count). The molecular formula is C16H11Cl2N3O2S. The van der Waals surface area contributed by atoms with Gasteiger partial charge in [-0.05, 0) is 29.8 Å². The number of imidazole rings is 1. The Morgan fingerprint density at radius 2 is 2.08 bits per heavy atom. The fourth-order valence-corrected chi connectivity index (χ4v) is 3.08. The minimum atomic E-state index is -0.504. The van der Waals surface area contributed by atoms with Crippen molar-refractivity contribution in [3.63, 3.8) is 0 Å². The van der Waals surface area contributed by atoms with Crippen LogP contribution in [-0.2, 0) is 16.1 Å². The fourth-order valence-electron chi connectivity index (χ4n) is 2.01. The number of ether oxygens (including phenoxy) is 1. The van der Waals surface area contributed by atoms with Gasteiger partial charge in [0.2, 0.25) is 5.28 Å². The Balaban J connectivity index is 1.75. The molecule has 8 heteroatoms. The molecule has 0 radical (unpaired) electrons. The standard InChI is InChI=1S/C16H11Cl2N3O2S/c17-15-13(8-23-14(22)7-6-11-9-24-10-19-11)21(16(18)20-15)12-4-2-1-3-5-12/h1-7,9-10H,8H2/b7-6-. The molecule has 24 heavy (non-hydrogen) atoms. The molecular weight excluding hydrogens is 369 g/mol. The highest BCUT2D eigenvalue weighted by molar-refractivity contribution is 7.07. The van der Waals surface area contributed by atoms with Gasteiger partial charge in [0.05, 0.1) is 11.2 Å². The van der Waals surface area contributed by atoms with E-state index in [-0.39, 0.29) is 17.0 Å². The Morgan fingerprint density at radius 3 is 2.79 bits per heavy atom. The van der Waals surface area contributed by atoms with Crippen LogP contribution in [0.15, 0.2) is 47.3 Å². The van der Waals surface area contributed by atoms with Crippen molar-refractivity contribution in [2.24, 2.45) is 0 Å². The van der Waals surface area contributed by atoms with Gasteiger partial charge in [-0.1, -0.05) is 29.8 Å². The molecule has 0 spiro atoms. The fraction of sp³-hybridized carbons (Fsp3) is 0.0625. The summed E-state index contributed by atoms with van der Waals surface area (Å²) in [5.74, 6) is -0.504. The lowest BCUT2D eigenvalue weighted by Gasteiger charge is -2.09. The van der Waals surface area contributed by atoms with E-state index in [1.807, 2.05) is 35.7 Å². The molecule has 122 valence electrons. The van der Waals surface area contributed by atoms with E-state index < -0.39 is 5.97 Å². The van der Waals surface area contributed by atoms with Gasteiger partial charge in [0.1, 0.15) is 12.3 Å². The SMILES string of the molecule is O=C(/C=C\c1cscn1)OCc1c(Cl)nc(Cl)n1-c1ccccc1. The summed E-state index contributed by atoms with van der Waals surface area (Å²) in [7, 11) is 0. The van der Waals surface area contributed by atoms with E-state index in [2.05, 4.69) is 9.97 Å². The van der Waals surface area contributed by atoms with E-state index in [1.54, 1.807) is 16.2 Å². The van der Waals surface area contributed by atoms with E-state index in [9.17, 15) is 4.79 Å². The van der Waals surface area contributed by atoms with E-state index in [0.717, 1.165) is 5.69 Å². The molecule has 0 atom stereocenters. The Hall–Kier alpha value is -2.15. The number of carbonyl (C=O) groups is 1. The van der Waals surface area contributed by atoms with Gasteiger partial charge >= 0.3 is 5.97 Å². The van der Waals surface area contributed by atoms with Gasteiger partial charge in [-0.15, -0.1) is 11.3 Å². The van der Waals surface area contributed by atoms with Crippen molar-refractivity contribution in [2.45, 2.75) is 6.61 Å². The Labute approximate surface area is 152 Å². The zero-order chi connectivity index (χ0) is 16.9. The summed E-state index contributed by atoms with van der Waals surface area (Å²) in [5.41, 5.74) is 3.67. The summed E-state index contributed by atoms with van der Waals surface area (Å²) < 4.78 is 6.87. The Bertz CT molecular complexity index is 861. The number of thiazole rings is 1. The lowest BCUT2D eigenvalue weighted by Crippen LogP contribution is -2.06. The molecule has 0 fully saturated rings. The normalized spacial score (nSPS) is 11.1. The van der Waals surface area contributed by atoms with Gasteiger partial charge in [-0.25, -0.2) is 14.8 Å². The Kier molecular flexibility index (Phi) is 5.30. The molecule has 5 nitrogen and oxygen atoms in total. The van der Waals surface area contributed by atoms with Gasteiger partial charge in [0, 0.05) is 17.1 Å². The van der Waals surface area contributed by atoms with Crippen LogP contribution in [0.2, 0.25) is 10.4 Å². The molecule has 3 aromatic rings. The molecule has 0 N–H and O–H groups in total. The first-order chi connectivity index (χ1) is 11.6. The van der Waals surface area contributed by atoms with Crippen LogP contribution in [0.5, 0.6) is 0 Å². The van der Waals surface area contributed by atoms with Crippen LogP contribution in [0, 0.1) is 0 Å². The number of nitrogens with zero attached hydrogens (tertiary/aromatic N) is 3. The largest absolute Gasteiger partial charge is 0.456 e. The highest BCUT2D eigenvalue weighted by atomic mass is 35.5. The zero-order valence-corrected chi connectivity index (χ0v) is 14.6. The lowest BCUT2D eigenvalue weighted by molar-refractivity contribution is -0.139. The maximum Gasteiger partial charge on any atom is 0.331 e. The maximum atomic E-state index is 11.8. The predicted molar refractivity (Wildman–Crippen MR) is 94.5 cm³/mol. The summed E-state index contributed by atoms with van der Waals surface area (Å²) in [4.78, 5) is 19.9. The summed E-state index contributed by atoms with van der Waals surface area (Å²) in [6.07, 6.45) is 2.90. The van der Waals surface area contributed by atoms with Crippen LogP contribution in [0.1, 0.15) is 11.4 Å². The number of hydrogen-bond acceptors (Lipinski definition) is 5. The second kappa shape index (κ2) is 7.61. The first kappa shape index (κ1) is 16.7. The van der Waals surface area contributed by atoms with Gasteiger partial charge in [-0.3, -0.25) is 4.57 Å². The van der Waals surface area contributed by atoms with Crippen LogP contribution in [-0.4, -0.2) is 20.5 Å². The molecule has 0 saturated carbocycles. The van der Waals surface area contributed by atoms with Gasteiger partial charge in [0.25, 0.3) is 0 Å². The number of para-hydroxylation sites is 1. The number of hydrogen-bond donors (Lipinski definition) is 0. The average molecular weight is 380 g/mol. The number of carbonyl (C=O) groups excluding carboxylic acids is 1. The second-order valence-electron chi connectivity index (χ2n) is 4.64. The summed E-state index contributed by atoms with van der Waals surface area (Å²) in [6.45, 7) is -0.0479. The zero-order valence-electron chi connectivity index (χ0n) is 12.2. The summed E-state index contributed by atoms with van der Waals surface area (Å²) in [5, 5.41) is 2.22. The molecule has 0 aliphatic carbocycles. The second-order valence-corrected chi connectivity index (χ2v) is 6.06. The smallest absolute Gasteiger partial charge is 0.331 e. The molecule has 0 amide bonds. The third-order valence-corrected chi connectivity index (χ3v) is 4.25. The number of aromatic nitrogens is 3.